The Morgan fingerprint density at radius 3 is 2.00 bits per heavy atom. The second-order valence-corrected chi connectivity index (χ2v) is 3.48. The maximum Gasteiger partial charge on any atom is 0.416 e. The van der Waals surface area contributed by atoms with E-state index in [0.29, 0.717) is 0 Å². The van der Waals surface area contributed by atoms with E-state index in [-0.39, 0.29) is 15.8 Å². The third-order valence-electron chi connectivity index (χ3n) is 1.58. The summed E-state index contributed by atoms with van der Waals surface area (Å²) in [4.78, 5) is 0. The van der Waals surface area contributed by atoms with Gasteiger partial charge in [0, 0.05) is 0 Å². The molecule has 1 rings (SSSR count). The van der Waals surface area contributed by atoms with Crippen LogP contribution in [0.1, 0.15) is 25.0 Å². The highest BCUT2D eigenvalue weighted by Gasteiger charge is 2.31. The second kappa shape index (κ2) is 5.39. The Balaban J connectivity index is 0.000000921. The highest BCUT2D eigenvalue weighted by atomic mass is 79.9. The number of aryl methyl sites for hydroxylation is 1. The number of halogens is 4. The molecule has 0 aliphatic carbocycles. The summed E-state index contributed by atoms with van der Waals surface area (Å²) in [7, 11) is 0. The minimum atomic E-state index is -4.37. The molecule has 0 saturated carbocycles. The molecule has 0 saturated heterocycles. The van der Waals surface area contributed by atoms with Crippen molar-refractivity contribution in [2.45, 2.75) is 26.9 Å². The van der Waals surface area contributed by atoms with Crippen LogP contribution in [0.4, 0.5) is 13.2 Å². The largest absolute Gasteiger partial charge is 0.506 e. The highest BCUT2D eigenvalue weighted by Crippen LogP contribution is 2.36. The number of phenolic OH excluding ortho intramolecular Hbond substituents is 1. The van der Waals surface area contributed by atoms with Crippen molar-refractivity contribution in [3.63, 3.8) is 0 Å². The quantitative estimate of drug-likeness (QED) is 0.743. The summed E-state index contributed by atoms with van der Waals surface area (Å²) >= 11 is 2.84. The maximum absolute atomic E-state index is 12.2. The zero-order valence-corrected chi connectivity index (χ0v) is 10.2. The summed E-state index contributed by atoms with van der Waals surface area (Å²) in [5.74, 6) is -0.159. The van der Waals surface area contributed by atoms with Crippen LogP contribution in [0.3, 0.4) is 0 Å². The molecule has 0 unspecified atom stereocenters. The van der Waals surface area contributed by atoms with Crippen molar-refractivity contribution < 1.29 is 18.3 Å². The third kappa shape index (κ3) is 3.74. The van der Waals surface area contributed by atoms with Crippen molar-refractivity contribution >= 4 is 15.9 Å². The van der Waals surface area contributed by atoms with E-state index >= 15 is 0 Å². The Labute approximate surface area is 95.1 Å². The average molecular weight is 285 g/mol. The first kappa shape index (κ1) is 14.3. The standard InChI is InChI=1S/C8H6BrF3O.C2H6/c1-4-2-5(8(10,11)12)3-6(9)7(4)13;1-2/h2-3,13H,1H3;1-2H3. The summed E-state index contributed by atoms with van der Waals surface area (Å²) in [5.41, 5.74) is -0.573. The maximum atomic E-state index is 12.2. The Bertz CT molecular complexity index is 311. The molecule has 1 aromatic rings. The summed E-state index contributed by atoms with van der Waals surface area (Å²) in [6, 6.07) is 1.75. The van der Waals surface area contributed by atoms with Crippen molar-refractivity contribution in [1.82, 2.24) is 0 Å². The molecular weight excluding hydrogens is 273 g/mol. The van der Waals surface area contributed by atoms with Crippen LogP contribution < -0.4 is 0 Å². The average Bonchev–Trinajstić information content (AvgIpc) is 2.15. The SMILES string of the molecule is CC.Cc1cc(C(F)(F)F)cc(Br)c1O. The molecule has 0 aliphatic rings. The summed E-state index contributed by atoms with van der Waals surface area (Å²) in [6.07, 6.45) is -4.37. The second-order valence-electron chi connectivity index (χ2n) is 2.62. The van der Waals surface area contributed by atoms with E-state index in [4.69, 9.17) is 0 Å². The lowest BCUT2D eigenvalue weighted by Crippen LogP contribution is -2.05. The zero-order chi connectivity index (χ0) is 12.2. The third-order valence-corrected chi connectivity index (χ3v) is 2.19. The normalized spacial score (nSPS) is 10.6. The van der Waals surface area contributed by atoms with Gasteiger partial charge in [-0.1, -0.05) is 13.8 Å². The molecule has 15 heavy (non-hydrogen) atoms. The molecule has 5 heteroatoms. The van der Waals surface area contributed by atoms with Gasteiger partial charge in [0.2, 0.25) is 0 Å². The summed E-state index contributed by atoms with van der Waals surface area (Å²) in [6.45, 7) is 5.41. The summed E-state index contributed by atoms with van der Waals surface area (Å²) in [5, 5.41) is 9.18. The molecule has 0 atom stereocenters. The van der Waals surface area contributed by atoms with Crippen LogP contribution in [0, 0.1) is 6.92 Å². The molecule has 0 aliphatic heterocycles. The molecule has 0 radical (unpaired) electrons. The van der Waals surface area contributed by atoms with Crippen LogP contribution in [-0.4, -0.2) is 5.11 Å². The van der Waals surface area contributed by atoms with Crippen molar-refractivity contribution in [2.75, 3.05) is 0 Å². The molecule has 0 bridgehead atoms. The number of phenols is 1. The predicted molar refractivity (Wildman–Crippen MR) is 56.9 cm³/mol. The van der Waals surface area contributed by atoms with Gasteiger partial charge in [-0.25, -0.2) is 0 Å². The highest BCUT2D eigenvalue weighted by molar-refractivity contribution is 9.10. The van der Waals surface area contributed by atoms with Crippen molar-refractivity contribution in [2.24, 2.45) is 0 Å². The van der Waals surface area contributed by atoms with Crippen LogP contribution in [0.25, 0.3) is 0 Å². The Morgan fingerprint density at radius 2 is 1.67 bits per heavy atom. The van der Waals surface area contributed by atoms with Gasteiger partial charge in [-0.05, 0) is 40.5 Å². The fraction of sp³-hybridized carbons (Fsp3) is 0.400. The minimum absolute atomic E-state index is 0.0554. The fourth-order valence-electron chi connectivity index (χ4n) is 0.900. The Morgan fingerprint density at radius 1 is 1.20 bits per heavy atom. The molecule has 86 valence electrons. The van der Waals surface area contributed by atoms with E-state index in [9.17, 15) is 18.3 Å². The number of benzene rings is 1. The molecular formula is C10H12BrF3O. The molecule has 1 N–H and O–H groups in total. The van der Waals surface area contributed by atoms with E-state index in [1.807, 2.05) is 13.8 Å². The number of aromatic hydroxyl groups is 1. The van der Waals surface area contributed by atoms with Crippen LogP contribution in [0.15, 0.2) is 16.6 Å². The van der Waals surface area contributed by atoms with Gasteiger partial charge >= 0.3 is 6.18 Å². The van der Waals surface area contributed by atoms with E-state index in [0.717, 1.165) is 12.1 Å². The van der Waals surface area contributed by atoms with Gasteiger partial charge in [-0.3, -0.25) is 0 Å². The molecule has 1 nitrogen and oxygen atoms in total. The molecule has 0 fully saturated rings. The van der Waals surface area contributed by atoms with Gasteiger partial charge in [-0.15, -0.1) is 0 Å². The Kier molecular flexibility index (Phi) is 5.14. The Hall–Kier alpha value is -0.710. The first-order valence-electron chi connectivity index (χ1n) is 4.38. The first-order chi connectivity index (χ1) is 6.82. The molecule has 0 spiro atoms. The predicted octanol–water partition coefficient (Wildman–Crippen LogP) is 4.51. The van der Waals surface area contributed by atoms with Gasteiger partial charge in [0.25, 0.3) is 0 Å². The van der Waals surface area contributed by atoms with Crippen molar-refractivity contribution in [1.29, 1.82) is 0 Å². The van der Waals surface area contributed by atoms with Crippen molar-refractivity contribution in [3.8, 4) is 5.75 Å². The van der Waals surface area contributed by atoms with Crippen LogP contribution in [0.2, 0.25) is 0 Å². The van der Waals surface area contributed by atoms with Crippen LogP contribution in [-0.2, 0) is 6.18 Å². The smallest absolute Gasteiger partial charge is 0.416 e. The van der Waals surface area contributed by atoms with Gasteiger partial charge in [0.1, 0.15) is 5.75 Å². The minimum Gasteiger partial charge on any atom is -0.506 e. The lowest BCUT2D eigenvalue weighted by Gasteiger charge is -2.09. The molecule has 0 aromatic heterocycles. The van der Waals surface area contributed by atoms with Crippen molar-refractivity contribution in [3.05, 3.63) is 27.7 Å². The van der Waals surface area contributed by atoms with E-state index in [1.165, 1.54) is 6.92 Å². The number of rotatable bonds is 0. The monoisotopic (exact) mass is 284 g/mol. The van der Waals surface area contributed by atoms with Gasteiger partial charge in [0.15, 0.2) is 0 Å². The fourth-order valence-corrected chi connectivity index (χ4v) is 1.46. The van der Waals surface area contributed by atoms with Crippen LogP contribution >= 0.6 is 15.9 Å². The van der Waals surface area contributed by atoms with E-state index in [1.54, 1.807) is 0 Å². The molecule has 0 amide bonds. The van der Waals surface area contributed by atoms with E-state index in [2.05, 4.69) is 15.9 Å². The number of hydrogen-bond acceptors (Lipinski definition) is 1. The molecule has 0 heterocycles. The lowest BCUT2D eigenvalue weighted by molar-refractivity contribution is -0.137. The first-order valence-corrected chi connectivity index (χ1v) is 5.18. The van der Waals surface area contributed by atoms with Gasteiger partial charge < -0.3 is 5.11 Å². The zero-order valence-electron chi connectivity index (χ0n) is 8.61. The number of hydrogen-bond donors (Lipinski definition) is 1. The van der Waals surface area contributed by atoms with E-state index < -0.39 is 11.7 Å². The summed E-state index contributed by atoms with van der Waals surface area (Å²) < 4.78 is 36.6. The topological polar surface area (TPSA) is 20.2 Å². The van der Waals surface area contributed by atoms with Gasteiger partial charge in [0.05, 0.1) is 10.0 Å². The lowest BCUT2D eigenvalue weighted by atomic mass is 10.1. The molecule has 1 aromatic carbocycles. The number of alkyl halides is 3. The van der Waals surface area contributed by atoms with Crippen LogP contribution in [0.5, 0.6) is 5.75 Å². The van der Waals surface area contributed by atoms with Gasteiger partial charge in [-0.2, -0.15) is 13.2 Å².